The van der Waals surface area contributed by atoms with E-state index in [2.05, 4.69) is 22.0 Å². The lowest BCUT2D eigenvalue weighted by Gasteiger charge is -2.60. The first-order chi connectivity index (χ1) is 12.4. The molecule has 1 aromatic carbocycles. The van der Waals surface area contributed by atoms with Crippen LogP contribution in [0.3, 0.4) is 0 Å². The third-order valence-electron chi connectivity index (χ3n) is 6.53. The number of halogens is 2. The Morgan fingerprint density at radius 2 is 1.96 bits per heavy atom. The summed E-state index contributed by atoms with van der Waals surface area (Å²) in [4.78, 5) is 14.7. The molecule has 4 bridgehead atoms. The molecule has 4 fully saturated rings. The number of anilines is 1. The SMILES string of the molecule is N#CCCN(C(=O)CC12C[C@@H]3C[C@@H](CC(Br)(C3)C1)C2)c1ccccc1F. The Bertz CT molecular complexity index is 745. The van der Waals surface area contributed by atoms with Gasteiger partial charge in [0.1, 0.15) is 5.82 Å². The van der Waals surface area contributed by atoms with Crippen LogP contribution < -0.4 is 4.90 Å². The summed E-state index contributed by atoms with van der Waals surface area (Å²) in [5.74, 6) is 0.985. The fraction of sp³-hybridized carbons (Fsp3) is 0.619. The van der Waals surface area contributed by atoms with Crippen molar-refractivity contribution in [1.82, 2.24) is 0 Å². The monoisotopic (exact) mass is 418 g/mol. The molecule has 1 amide bonds. The van der Waals surface area contributed by atoms with Gasteiger partial charge < -0.3 is 4.90 Å². The van der Waals surface area contributed by atoms with Crippen LogP contribution >= 0.6 is 15.9 Å². The number of hydrogen-bond donors (Lipinski definition) is 0. The largest absolute Gasteiger partial charge is 0.309 e. The Balaban J connectivity index is 1.57. The lowest BCUT2D eigenvalue weighted by Crippen LogP contribution is -2.54. The summed E-state index contributed by atoms with van der Waals surface area (Å²) in [6.45, 7) is 0.249. The van der Waals surface area contributed by atoms with Crippen LogP contribution in [0, 0.1) is 34.4 Å². The Hall–Kier alpha value is -1.41. The second-order valence-corrected chi connectivity index (χ2v) is 10.4. The van der Waals surface area contributed by atoms with Gasteiger partial charge in [0.25, 0.3) is 0 Å². The first-order valence-electron chi connectivity index (χ1n) is 9.53. The third-order valence-corrected chi connectivity index (χ3v) is 7.46. The molecule has 4 atom stereocenters. The average Bonchev–Trinajstić information content (AvgIpc) is 2.54. The van der Waals surface area contributed by atoms with Crippen molar-refractivity contribution in [3.8, 4) is 6.07 Å². The molecular formula is C21H24BrFN2O. The number of carbonyl (C=O) groups excluding carboxylic acids is 1. The van der Waals surface area contributed by atoms with E-state index in [1.165, 1.54) is 30.2 Å². The molecule has 4 aliphatic carbocycles. The summed E-state index contributed by atoms with van der Waals surface area (Å²) in [5.41, 5.74) is 0.340. The Morgan fingerprint density at radius 3 is 2.58 bits per heavy atom. The highest BCUT2D eigenvalue weighted by molar-refractivity contribution is 9.10. The van der Waals surface area contributed by atoms with Crippen molar-refractivity contribution in [3.63, 3.8) is 0 Å². The maximum absolute atomic E-state index is 14.3. The first kappa shape index (κ1) is 18.0. The molecule has 5 rings (SSSR count). The van der Waals surface area contributed by atoms with E-state index in [0.29, 0.717) is 23.9 Å². The Morgan fingerprint density at radius 1 is 1.27 bits per heavy atom. The number of hydrogen-bond acceptors (Lipinski definition) is 2. The molecule has 0 saturated heterocycles. The van der Waals surface area contributed by atoms with Crippen molar-refractivity contribution in [1.29, 1.82) is 5.26 Å². The third kappa shape index (κ3) is 3.29. The maximum atomic E-state index is 14.3. The van der Waals surface area contributed by atoms with Gasteiger partial charge in [-0.2, -0.15) is 5.26 Å². The molecule has 0 N–H and O–H groups in total. The molecule has 0 radical (unpaired) electrons. The number of nitrogens with zero attached hydrogens (tertiary/aromatic N) is 2. The van der Waals surface area contributed by atoms with Gasteiger partial charge in [-0.05, 0) is 67.9 Å². The molecule has 3 nitrogen and oxygen atoms in total. The molecule has 0 spiro atoms. The molecule has 4 aliphatic rings. The van der Waals surface area contributed by atoms with Crippen molar-refractivity contribution in [3.05, 3.63) is 30.1 Å². The predicted octanol–water partition coefficient (Wildman–Crippen LogP) is 5.20. The molecule has 138 valence electrons. The number of rotatable bonds is 5. The fourth-order valence-electron chi connectivity index (χ4n) is 6.17. The second kappa shape index (κ2) is 6.64. The highest BCUT2D eigenvalue weighted by Crippen LogP contribution is 2.65. The minimum Gasteiger partial charge on any atom is -0.309 e. The van der Waals surface area contributed by atoms with Crippen molar-refractivity contribution < 1.29 is 9.18 Å². The van der Waals surface area contributed by atoms with Gasteiger partial charge in [0.05, 0.1) is 18.2 Å². The Labute approximate surface area is 162 Å². The van der Waals surface area contributed by atoms with Gasteiger partial charge in [0.15, 0.2) is 0 Å². The van der Waals surface area contributed by atoms with E-state index >= 15 is 0 Å². The first-order valence-corrected chi connectivity index (χ1v) is 10.3. The van der Waals surface area contributed by atoms with E-state index in [9.17, 15) is 9.18 Å². The van der Waals surface area contributed by atoms with Crippen LogP contribution in [0.5, 0.6) is 0 Å². The zero-order valence-corrected chi connectivity index (χ0v) is 16.5. The van der Waals surface area contributed by atoms with Crippen molar-refractivity contribution >= 4 is 27.5 Å². The van der Waals surface area contributed by atoms with Crippen LogP contribution in [-0.4, -0.2) is 16.8 Å². The molecule has 4 saturated carbocycles. The van der Waals surface area contributed by atoms with Crippen molar-refractivity contribution in [2.45, 2.75) is 55.7 Å². The topological polar surface area (TPSA) is 44.1 Å². The standard InChI is InChI=1S/C21H24BrFN2O/c22-21-11-15-8-16(12-21)10-20(9-15,14-21)13-19(26)25(7-3-6-24)18-5-2-1-4-17(18)23/h1-2,4-5,15-16H,3,7-14H2/t15-,16+,20?,21?. The predicted molar refractivity (Wildman–Crippen MR) is 102 cm³/mol. The average molecular weight is 419 g/mol. The van der Waals surface area contributed by atoms with Crippen molar-refractivity contribution in [2.24, 2.45) is 17.3 Å². The molecular weight excluding hydrogens is 395 g/mol. The van der Waals surface area contributed by atoms with Gasteiger partial charge in [-0.1, -0.05) is 28.1 Å². The highest BCUT2D eigenvalue weighted by atomic mass is 79.9. The number of nitriles is 1. The number of benzene rings is 1. The molecule has 0 heterocycles. The van der Waals surface area contributed by atoms with Crippen molar-refractivity contribution in [2.75, 3.05) is 11.4 Å². The molecule has 26 heavy (non-hydrogen) atoms. The quantitative estimate of drug-likeness (QED) is 0.616. The van der Waals surface area contributed by atoms with E-state index < -0.39 is 5.82 Å². The lowest BCUT2D eigenvalue weighted by molar-refractivity contribution is -0.125. The van der Waals surface area contributed by atoms with E-state index in [-0.39, 0.29) is 28.6 Å². The number of alkyl halides is 1. The summed E-state index contributed by atoms with van der Waals surface area (Å²) in [6.07, 6.45) is 7.71. The van der Waals surface area contributed by atoms with Crippen LogP contribution in [0.1, 0.15) is 51.4 Å². The zero-order chi connectivity index (χ0) is 18.4. The van der Waals surface area contributed by atoms with Crippen LogP contribution in [0.2, 0.25) is 0 Å². The van der Waals surface area contributed by atoms with Crippen LogP contribution in [0.25, 0.3) is 0 Å². The normalized spacial score (nSPS) is 34.5. The molecule has 1 aromatic rings. The summed E-state index contributed by atoms with van der Waals surface area (Å²) >= 11 is 3.99. The Kier molecular flexibility index (Phi) is 4.59. The van der Waals surface area contributed by atoms with Crippen LogP contribution in [0.15, 0.2) is 24.3 Å². The smallest absolute Gasteiger partial charge is 0.227 e. The van der Waals surface area contributed by atoms with Gasteiger partial charge >= 0.3 is 0 Å². The van der Waals surface area contributed by atoms with Gasteiger partial charge in [-0.25, -0.2) is 4.39 Å². The maximum Gasteiger partial charge on any atom is 0.227 e. The number of amides is 1. The molecule has 2 unspecified atom stereocenters. The summed E-state index contributed by atoms with van der Waals surface area (Å²) in [6, 6.07) is 8.46. The van der Waals surface area contributed by atoms with Crippen LogP contribution in [0.4, 0.5) is 10.1 Å². The summed E-state index contributed by atoms with van der Waals surface area (Å²) in [7, 11) is 0. The van der Waals surface area contributed by atoms with Gasteiger partial charge in [-0.3, -0.25) is 4.79 Å². The van der Waals surface area contributed by atoms with Gasteiger partial charge in [0, 0.05) is 17.3 Å². The van der Waals surface area contributed by atoms with Gasteiger partial charge in [0.2, 0.25) is 5.91 Å². The summed E-state index contributed by atoms with van der Waals surface area (Å²) < 4.78 is 14.5. The van der Waals surface area contributed by atoms with Crippen LogP contribution in [-0.2, 0) is 4.79 Å². The molecule has 0 aliphatic heterocycles. The van der Waals surface area contributed by atoms with E-state index in [4.69, 9.17) is 5.26 Å². The molecule has 0 aromatic heterocycles. The zero-order valence-electron chi connectivity index (χ0n) is 14.9. The lowest BCUT2D eigenvalue weighted by atomic mass is 9.48. The number of carbonyl (C=O) groups is 1. The second-order valence-electron chi connectivity index (χ2n) is 8.69. The minimum absolute atomic E-state index is 0.0385. The fourth-order valence-corrected chi connectivity index (χ4v) is 7.68. The van der Waals surface area contributed by atoms with E-state index in [0.717, 1.165) is 19.3 Å². The van der Waals surface area contributed by atoms with E-state index in [1.807, 2.05) is 0 Å². The number of para-hydroxylation sites is 1. The molecule has 5 heteroatoms. The minimum atomic E-state index is -0.402. The van der Waals surface area contributed by atoms with E-state index in [1.54, 1.807) is 18.2 Å². The summed E-state index contributed by atoms with van der Waals surface area (Å²) in [5, 5.41) is 8.96. The van der Waals surface area contributed by atoms with Gasteiger partial charge in [-0.15, -0.1) is 0 Å². The highest BCUT2D eigenvalue weighted by Gasteiger charge is 2.57.